The standard InChI is InChI=1S/C16H24/c1-7-15(12(2)3)13-8-10-14(11-9-13)16(4,5)6/h7-12H,1-6H3. The van der Waals surface area contributed by atoms with Gasteiger partial charge in [-0.15, -0.1) is 0 Å². The summed E-state index contributed by atoms with van der Waals surface area (Å²) in [5.74, 6) is 0.588. The molecule has 0 amide bonds. The summed E-state index contributed by atoms with van der Waals surface area (Å²) >= 11 is 0. The summed E-state index contributed by atoms with van der Waals surface area (Å²) in [6, 6.07) is 8.99. The molecule has 1 aromatic carbocycles. The molecule has 0 unspecified atom stereocenters. The van der Waals surface area contributed by atoms with E-state index in [2.05, 4.69) is 71.9 Å². The van der Waals surface area contributed by atoms with Crippen molar-refractivity contribution >= 4 is 5.57 Å². The molecule has 0 aliphatic carbocycles. The van der Waals surface area contributed by atoms with Crippen LogP contribution in [-0.4, -0.2) is 0 Å². The van der Waals surface area contributed by atoms with Crippen molar-refractivity contribution in [3.05, 3.63) is 41.5 Å². The van der Waals surface area contributed by atoms with Crippen LogP contribution >= 0.6 is 0 Å². The number of hydrogen-bond donors (Lipinski definition) is 0. The first kappa shape index (κ1) is 13.0. The molecule has 0 radical (unpaired) electrons. The average molecular weight is 216 g/mol. The van der Waals surface area contributed by atoms with Gasteiger partial charge in [0.25, 0.3) is 0 Å². The van der Waals surface area contributed by atoms with E-state index in [1.807, 2.05) is 0 Å². The first-order valence-electron chi connectivity index (χ1n) is 6.13. The van der Waals surface area contributed by atoms with Crippen molar-refractivity contribution in [2.24, 2.45) is 5.92 Å². The highest BCUT2D eigenvalue weighted by Crippen LogP contribution is 2.27. The van der Waals surface area contributed by atoms with Crippen LogP contribution in [0.5, 0.6) is 0 Å². The lowest BCUT2D eigenvalue weighted by molar-refractivity contribution is 0.590. The Morgan fingerprint density at radius 1 is 1.06 bits per heavy atom. The van der Waals surface area contributed by atoms with Crippen molar-refractivity contribution in [2.75, 3.05) is 0 Å². The minimum Gasteiger partial charge on any atom is -0.0836 e. The molecular weight excluding hydrogens is 192 g/mol. The van der Waals surface area contributed by atoms with E-state index in [9.17, 15) is 0 Å². The number of allylic oxidation sites excluding steroid dienone is 2. The van der Waals surface area contributed by atoms with Gasteiger partial charge in [0, 0.05) is 0 Å². The van der Waals surface area contributed by atoms with Gasteiger partial charge in [0.1, 0.15) is 0 Å². The summed E-state index contributed by atoms with van der Waals surface area (Å²) in [4.78, 5) is 0. The van der Waals surface area contributed by atoms with Gasteiger partial charge < -0.3 is 0 Å². The molecule has 0 nitrogen and oxygen atoms in total. The van der Waals surface area contributed by atoms with Crippen LogP contribution in [0.4, 0.5) is 0 Å². The summed E-state index contributed by atoms with van der Waals surface area (Å²) in [6.07, 6.45) is 2.22. The smallest absolute Gasteiger partial charge is 0.0132 e. The lowest BCUT2D eigenvalue weighted by Crippen LogP contribution is -2.10. The van der Waals surface area contributed by atoms with E-state index < -0.39 is 0 Å². The monoisotopic (exact) mass is 216 g/mol. The maximum atomic E-state index is 2.25. The Morgan fingerprint density at radius 3 is 1.88 bits per heavy atom. The Hall–Kier alpha value is -1.04. The molecule has 88 valence electrons. The van der Waals surface area contributed by atoms with Crippen LogP contribution in [0.2, 0.25) is 0 Å². The summed E-state index contributed by atoms with van der Waals surface area (Å²) in [6.45, 7) is 13.4. The molecule has 0 bridgehead atoms. The Morgan fingerprint density at radius 2 is 1.56 bits per heavy atom. The maximum Gasteiger partial charge on any atom is -0.0132 e. The summed E-state index contributed by atoms with van der Waals surface area (Å²) in [5, 5.41) is 0. The molecule has 0 saturated heterocycles. The lowest BCUT2D eigenvalue weighted by Gasteiger charge is -2.20. The second kappa shape index (κ2) is 4.86. The fourth-order valence-corrected chi connectivity index (χ4v) is 2.00. The topological polar surface area (TPSA) is 0 Å². The molecule has 0 aromatic heterocycles. The number of hydrogen-bond acceptors (Lipinski definition) is 0. The van der Waals surface area contributed by atoms with Crippen molar-refractivity contribution in [1.82, 2.24) is 0 Å². The zero-order valence-electron chi connectivity index (χ0n) is 11.5. The van der Waals surface area contributed by atoms with Gasteiger partial charge in [-0.25, -0.2) is 0 Å². The van der Waals surface area contributed by atoms with E-state index in [0.717, 1.165) is 0 Å². The maximum absolute atomic E-state index is 2.25. The van der Waals surface area contributed by atoms with Crippen LogP contribution in [0.3, 0.4) is 0 Å². The second-order valence-corrected chi connectivity index (χ2v) is 5.73. The molecule has 0 heteroatoms. The van der Waals surface area contributed by atoms with E-state index >= 15 is 0 Å². The zero-order chi connectivity index (χ0) is 12.3. The minimum absolute atomic E-state index is 0.243. The predicted molar refractivity (Wildman–Crippen MR) is 73.6 cm³/mol. The van der Waals surface area contributed by atoms with Crippen LogP contribution in [-0.2, 0) is 5.41 Å². The summed E-state index contributed by atoms with van der Waals surface area (Å²) in [5.41, 5.74) is 4.42. The molecule has 0 atom stereocenters. The van der Waals surface area contributed by atoms with Gasteiger partial charge in [-0.05, 0) is 35.0 Å². The van der Waals surface area contributed by atoms with E-state index in [1.165, 1.54) is 16.7 Å². The van der Waals surface area contributed by atoms with Gasteiger partial charge in [0.2, 0.25) is 0 Å². The molecule has 0 aliphatic heterocycles. The fourth-order valence-electron chi connectivity index (χ4n) is 2.00. The van der Waals surface area contributed by atoms with E-state index in [-0.39, 0.29) is 5.41 Å². The molecule has 0 spiro atoms. The van der Waals surface area contributed by atoms with Crippen LogP contribution in [0, 0.1) is 5.92 Å². The van der Waals surface area contributed by atoms with Crippen LogP contribution in [0.1, 0.15) is 52.7 Å². The summed E-state index contributed by atoms with van der Waals surface area (Å²) < 4.78 is 0. The Kier molecular flexibility index (Phi) is 3.96. The Balaban J connectivity index is 3.04. The molecule has 0 N–H and O–H groups in total. The van der Waals surface area contributed by atoms with Crippen LogP contribution < -0.4 is 0 Å². The van der Waals surface area contributed by atoms with Gasteiger partial charge >= 0.3 is 0 Å². The highest BCUT2D eigenvalue weighted by atomic mass is 14.2. The predicted octanol–water partition coefficient (Wildman–Crippen LogP) is 5.04. The van der Waals surface area contributed by atoms with Crippen LogP contribution in [0.15, 0.2) is 30.3 Å². The van der Waals surface area contributed by atoms with Crippen LogP contribution in [0.25, 0.3) is 5.57 Å². The fraction of sp³-hybridized carbons (Fsp3) is 0.500. The highest BCUT2D eigenvalue weighted by Gasteiger charge is 2.13. The molecule has 0 fully saturated rings. The molecule has 0 aliphatic rings. The normalized spacial score (nSPS) is 13.3. The molecule has 0 saturated carbocycles. The molecule has 1 rings (SSSR count). The van der Waals surface area contributed by atoms with E-state index in [4.69, 9.17) is 0 Å². The van der Waals surface area contributed by atoms with Gasteiger partial charge in [-0.1, -0.05) is 65.0 Å². The first-order chi connectivity index (χ1) is 7.36. The third kappa shape index (κ3) is 2.98. The van der Waals surface area contributed by atoms with Crippen molar-refractivity contribution in [3.63, 3.8) is 0 Å². The van der Waals surface area contributed by atoms with Crippen molar-refractivity contribution < 1.29 is 0 Å². The third-order valence-electron chi connectivity index (χ3n) is 3.02. The van der Waals surface area contributed by atoms with Gasteiger partial charge in [0.15, 0.2) is 0 Å². The SMILES string of the molecule is CC=C(c1ccc(C(C)(C)C)cc1)C(C)C. The summed E-state index contributed by atoms with van der Waals surface area (Å²) in [7, 11) is 0. The third-order valence-corrected chi connectivity index (χ3v) is 3.02. The average Bonchev–Trinajstić information content (AvgIpc) is 2.17. The molecule has 0 heterocycles. The van der Waals surface area contributed by atoms with E-state index in [1.54, 1.807) is 0 Å². The Bertz CT molecular complexity index is 358. The minimum atomic E-state index is 0.243. The molecular formula is C16H24. The molecule has 1 aromatic rings. The van der Waals surface area contributed by atoms with Gasteiger partial charge in [0.05, 0.1) is 0 Å². The van der Waals surface area contributed by atoms with Crippen molar-refractivity contribution in [1.29, 1.82) is 0 Å². The van der Waals surface area contributed by atoms with Crippen molar-refractivity contribution in [3.8, 4) is 0 Å². The lowest BCUT2D eigenvalue weighted by atomic mass is 9.85. The molecule has 16 heavy (non-hydrogen) atoms. The number of benzene rings is 1. The van der Waals surface area contributed by atoms with Gasteiger partial charge in [-0.3, -0.25) is 0 Å². The first-order valence-corrected chi connectivity index (χ1v) is 6.13. The zero-order valence-corrected chi connectivity index (χ0v) is 11.5. The highest BCUT2D eigenvalue weighted by molar-refractivity contribution is 5.66. The second-order valence-electron chi connectivity index (χ2n) is 5.73. The van der Waals surface area contributed by atoms with Crippen molar-refractivity contribution in [2.45, 2.75) is 47.0 Å². The largest absolute Gasteiger partial charge is 0.0836 e. The number of rotatable bonds is 2. The van der Waals surface area contributed by atoms with Gasteiger partial charge in [-0.2, -0.15) is 0 Å². The van der Waals surface area contributed by atoms with E-state index in [0.29, 0.717) is 5.92 Å². The Labute approximate surface area is 100 Å². The quantitative estimate of drug-likeness (QED) is 0.649.